The molecule has 4 aromatic rings. The Morgan fingerprint density at radius 2 is 1.96 bits per heavy atom. The second-order valence-corrected chi connectivity index (χ2v) is 7.75. The van der Waals surface area contributed by atoms with Crippen LogP contribution in [0.25, 0.3) is 10.8 Å². The fourth-order valence-electron chi connectivity index (χ4n) is 2.60. The van der Waals surface area contributed by atoms with Crippen LogP contribution in [0.5, 0.6) is 0 Å². The molecule has 3 aromatic heterocycles. The maximum Gasteiger partial charge on any atom is 0.437 e. The Balaban J connectivity index is 1.44. The van der Waals surface area contributed by atoms with E-state index in [-0.39, 0.29) is 24.8 Å². The van der Waals surface area contributed by atoms with Gasteiger partial charge in [-0.05, 0) is 17.0 Å². The molecule has 1 aromatic carbocycles. The first kappa shape index (κ1) is 18.3. The first-order chi connectivity index (χ1) is 13.7. The van der Waals surface area contributed by atoms with Crippen LogP contribution in [-0.2, 0) is 17.9 Å². The van der Waals surface area contributed by atoms with Gasteiger partial charge in [-0.3, -0.25) is 4.79 Å². The predicted molar refractivity (Wildman–Crippen MR) is 107 cm³/mol. The molecule has 0 N–H and O–H groups in total. The first-order valence-corrected chi connectivity index (χ1v) is 10.3. The van der Waals surface area contributed by atoms with Crippen molar-refractivity contribution in [2.24, 2.45) is 4.99 Å². The number of rotatable bonds is 6. The zero-order valence-corrected chi connectivity index (χ0v) is 16.4. The Hall–Kier alpha value is -3.04. The molecule has 0 aliphatic carbocycles. The van der Waals surface area contributed by atoms with Crippen LogP contribution < -0.4 is 10.6 Å². The fourth-order valence-corrected chi connectivity index (χ4v) is 3.99. The lowest BCUT2D eigenvalue weighted by Crippen LogP contribution is -2.20. The van der Waals surface area contributed by atoms with Gasteiger partial charge in [0.05, 0.1) is 11.4 Å². The molecule has 0 saturated carbocycles. The van der Waals surface area contributed by atoms with Crippen LogP contribution in [-0.4, -0.2) is 20.3 Å². The molecule has 0 fully saturated rings. The fraction of sp³-hybridized carbons (Fsp3) is 0.158. The predicted octanol–water partition coefficient (Wildman–Crippen LogP) is 2.99. The molecular weight excluding hydrogens is 396 g/mol. The number of aryl methyl sites for hydroxylation is 1. The van der Waals surface area contributed by atoms with Gasteiger partial charge in [0, 0.05) is 24.5 Å². The van der Waals surface area contributed by atoms with Crippen molar-refractivity contribution in [1.29, 1.82) is 0 Å². The van der Waals surface area contributed by atoms with Gasteiger partial charge in [-0.1, -0.05) is 36.4 Å². The lowest BCUT2D eigenvalue weighted by atomic mass is 10.2. The van der Waals surface area contributed by atoms with E-state index in [0.717, 1.165) is 15.1 Å². The number of benzene rings is 1. The average Bonchev–Trinajstić information content (AvgIpc) is 3.43. The third-order valence-corrected chi connectivity index (χ3v) is 5.60. The summed E-state index contributed by atoms with van der Waals surface area (Å²) in [6.07, 6.45) is 1.97. The highest BCUT2D eigenvalue weighted by atomic mass is 32.1. The summed E-state index contributed by atoms with van der Waals surface area (Å²) < 4.78 is 8.23. The number of carbonyl (C=O) groups is 1. The van der Waals surface area contributed by atoms with Gasteiger partial charge in [-0.2, -0.15) is 9.67 Å². The van der Waals surface area contributed by atoms with Gasteiger partial charge in [0.2, 0.25) is 5.91 Å². The number of hydrogen-bond acceptors (Lipinski definition) is 6. The maximum atomic E-state index is 12.3. The van der Waals surface area contributed by atoms with Gasteiger partial charge < -0.3 is 8.98 Å². The van der Waals surface area contributed by atoms with E-state index in [1.54, 1.807) is 0 Å². The molecule has 0 saturated heterocycles. The molecule has 0 spiro atoms. The summed E-state index contributed by atoms with van der Waals surface area (Å²) in [5.74, 6) is -0.619. The summed E-state index contributed by atoms with van der Waals surface area (Å²) >= 11 is 2.83. The Kier molecular flexibility index (Phi) is 5.45. The average molecular weight is 412 g/mol. The zero-order valence-electron chi connectivity index (χ0n) is 14.7. The first-order valence-electron chi connectivity index (χ1n) is 8.56. The quantitative estimate of drug-likeness (QED) is 0.487. The van der Waals surface area contributed by atoms with Gasteiger partial charge >= 0.3 is 5.76 Å². The SMILES string of the molecule is O=C(CCn1nc(-c2cccs2)oc1=O)N=c1sccn1Cc1ccccc1. The van der Waals surface area contributed by atoms with E-state index in [9.17, 15) is 9.59 Å². The van der Waals surface area contributed by atoms with Crippen LogP contribution in [0, 0.1) is 0 Å². The monoisotopic (exact) mass is 412 g/mol. The molecular formula is C19H16N4O3S2. The van der Waals surface area contributed by atoms with Crippen molar-refractivity contribution >= 4 is 28.6 Å². The molecule has 0 unspecified atom stereocenters. The van der Waals surface area contributed by atoms with Crippen LogP contribution in [0.1, 0.15) is 12.0 Å². The minimum atomic E-state index is -0.577. The Bertz CT molecular complexity index is 1180. The molecule has 0 bridgehead atoms. The van der Waals surface area contributed by atoms with E-state index in [0.29, 0.717) is 11.3 Å². The molecule has 3 heterocycles. The van der Waals surface area contributed by atoms with Crippen molar-refractivity contribution in [2.45, 2.75) is 19.5 Å². The number of aromatic nitrogens is 3. The summed E-state index contributed by atoms with van der Waals surface area (Å²) in [7, 11) is 0. The minimum absolute atomic E-state index is 0.0690. The Labute approximate surface area is 167 Å². The van der Waals surface area contributed by atoms with E-state index < -0.39 is 5.76 Å². The highest BCUT2D eigenvalue weighted by Gasteiger charge is 2.12. The standard InChI is InChI=1S/C19H16N4O3S2/c24-16(8-9-23-19(25)26-17(21-23)15-7-4-11-27-15)20-18-22(10-12-28-18)13-14-5-2-1-3-6-14/h1-7,10-12H,8-9,13H2. The Morgan fingerprint density at radius 1 is 1.11 bits per heavy atom. The van der Waals surface area contributed by atoms with Gasteiger partial charge in [-0.15, -0.1) is 27.8 Å². The van der Waals surface area contributed by atoms with Gasteiger partial charge in [0.15, 0.2) is 4.80 Å². The molecule has 28 heavy (non-hydrogen) atoms. The van der Waals surface area contributed by atoms with Crippen molar-refractivity contribution in [3.8, 4) is 10.8 Å². The summed E-state index contributed by atoms with van der Waals surface area (Å²) in [6.45, 7) is 0.767. The van der Waals surface area contributed by atoms with Crippen LogP contribution in [0.2, 0.25) is 0 Å². The summed E-state index contributed by atoms with van der Waals surface area (Å²) in [6, 6.07) is 13.6. The minimum Gasteiger partial charge on any atom is -0.387 e. The van der Waals surface area contributed by atoms with Crippen LogP contribution in [0.4, 0.5) is 0 Å². The maximum absolute atomic E-state index is 12.3. The van der Waals surface area contributed by atoms with Crippen molar-refractivity contribution in [2.75, 3.05) is 0 Å². The molecule has 0 atom stereocenters. The second kappa shape index (κ2) is 8.32. The number of thiazole rings is 1. The molecule has 0 radical (unpaired) electrons. The van der Waals surface area contributed by atoms with Crippen molar-refractivity contribution in [3.63, 3.8) is 0 Å². The van der Waals surface area contributed by atoms with E-state index in [4.69, 9.17) is 4.42 Å². The van der Waals surface area contributed by atoms with Crippen LogP contribution in [0.3, 0.4) is 0 Å². The smallest absolute Gasteiger partial charge is 0.387 e. The number of amides is 1. The zero-order chi connectivity index (χ0) is 19.3. The van der Waals surface area contributed by atoms with E-state index >= 15 is 0 Å². The van der Waals surface area contributed by atoms with Gasteiger partial charge in [0.1, 0.15) is 0 Å². The van der Waals surface area contributed by atoms with Gasteiger partial charge in [0.25, 0.3) is 5.89 Å². The van der Waals surface area contributed by atoms with E-state index in [2.05, 4.69) is 10.1 Å². The topological polar surface area (TPSA) is 82.4 Å². The number of thiophene rings is 1. The van der Waals surface area contributed by atoms with E-state index in [1.807, 2.05) is 64.0 Å². The normalized spacial score (nSPS) is 11.8. The highest BCUT2D eigenvalue weighted by molar-refractivity contribution is 7.13. The van der Waals surface area contributed by atoms with Crippen molar-refractivity contribution in [3.05, 3.63) is 80.3 Å². The van der Waals surface area contributed by atoms with Crippen LogP contribution >= 0.6 is 22.7 Å². The molecule has 0 aliphatic rings. The number of nitrogens with zero attached hydrogens (tertiary/aromatic N) is 4. The largest absolute Gasteiger partial charge is 0.437 e. The molecule has 0 aliphatic heterocycles. The van der Waals surface area contributed by atoms with Crippen molar-refractivity contribution < 1.29 is 9.21 Å². The van der Waals surface area contributed by atoms with Gasteiger partial charge in [-0.25, -0.2) is 4.79 Å². The molecule has 9 heteroatoms. The molecule has 1 amide bonds. The van der Waals surface area contributed by atoms with Crippen LogP contribution in [0.15, 0.2) is 73.6 Å². The molecule has 142 valence electrons. The van der Waals surface area contributed by atoms with Crippen molar-refractivity contribution in [1.82, 2.24) is 14.3 Å². The summed E-state index contributed by atoms with van der Waals surface area (Å²) in [5, 5.41) is 7.92. The summed E-state index contributed by atoms with van der Waals surface area (Å²) in [4.78, 5) is 29.8. The number of hydrogen-bond donors (Lipinski definition) is 0. The lowest BCUT2D eigenvalue weighted by molar-refractivity contribution is -0.118. The molecule has 4 rings (SSSR count). The van der Waals surface area contributed by atoms with E-state index in [1.165, 1.54) is 22.7 Å². The lowest BCUT2D eigenvalue weighted by Gasteiger charge is -2.02. The highest BCUT2D eigenvalue weighted by Crippen LogP contribution is 2.21. The third kappa shape index (κ3) is 4.26. The Morgan fingerprint density at radius 3 is 2.75 bits per heavy atom. The third-order valence-electron chi connectivity index (χ3n) is 3.95. The number of carbonyl (C=O) groups excluding carboxylic acids is 1. The second-order valence-electron chi connectivity index (χ2n) is 5.93. The summed E-state index contributed by atoms with van der Waals surface area (Å²) in [5.41, 5.74) is 1.13. The molecule has 7 nitrogen and oxygen atoms in total.